The molecule has 0 aliphatic rings. The molecule has 0 amide bonds. The molecule has 0 fully saturated rings. The normalized spacial score (nSPS) is 12.6. The van der Waals surface area contributed by atoms with Gasteiger partial charge in [-0.2, -0.15) is 0 Å². The Morgan fingerprint density at radius 3 is 2.55 bits per heavy atom. The van der Waals surface area contributed by atoms with Gasteiger partial charge in [-0.1, -0.05) is 31.4 Å². The van der Waals surface area contributed by atoms with E-state index in [9.17, 15) is 0 Å². The van der Waals surface area contributed by atoms with Crippen molar-refractivity contribution in [3.05, 3.63) is 49.2 Å². The Hall–Kier alpha value is -1.37. The van der Waals surface area contributed by atoms with E-state index < -0.39 is 0 Å². The van der Waals surface area contributed by atoms with Crippen LogP contribution in [0.1, 0.15) is 6.92 Å². The minimum absolute atomic E-state index is 1.08. The monoisotopic (exact) mass is 147 g/mol. The van der Waals surface area contributed by atoms with Gasteiger partial charge in [-0.3, -0.25) is 4.99 Å². The summed E-state index contributed by atoms with van der Waals surface area (Å²) >= 11 is 0. The summed E-state index contributed by atoms with van der Waals surface area (Å²) < 4.78 is 0. The van der Waals surface area contributed by atoms with Gasteiger partial charge in [0.05, 0.1) is 0 Å². The van der Waals surface area contributed by atoms with Crippen molar-refractivity contribution in [2.45, 2.75) is 6.92 Å². The lowest BCUT2D eigenvalue weighted by Crippen LogP contribution is -1.73. The zero-order chi connectivity index (χ0) is 8.53. The van der Waals surface area contributed by atoms with Gasteiger partial charge >= 0.3 is 0 Å². The second kappa shape index (κ2) is 6.75. The Morgan fingerprint density at radius 2 is 2.00 bits per heavy atom. The van der Waals surface area contributed by atoms with Crippen LogP contribution in [-0.2, 0) is 0 Å². The summed E-state index contributed by atoms with van der Waals surface area (Å²) in [6.45, 7) is 9.06. The lowest BCUT2D eigenvalue weighted by Gasteiger charge is -1.83. The third-order valence-corrected chi connectivity index (χ3v) is 0.967. The van der Waals surface area contributed by atoms with E-state index in [4.69, 9.17) is 0 Å². The summed E-state index contributed by atoms with van der Waals surface area (Å²) in [7, 11) is 0. The number of allylic oxidation sites excluding steroid dienone is 5. The van der Waals surface area contributed by atoms with Crippen LogP contribution in [0.15, 0.2) is 54.2 Å². The van der Waals surface area contributed by atoms with Crippen molar-refractivity contribution in [1.29, 1.82) is 0 Å². The summed E-state index contributed by atoms with van der Waals surface area (Å²) in [6.07, 6.45) is 10.5. The van der Waals surface area contributed by atoms with E-state index >= 15 is 0 Å². The van der Waals surface area contributed by atoms with Crippen LogP contribution in [-0.4, -0.2) is 6.21 Å². The Bertz CT molecular complexity index is 207. The van der Waals surface area contributed by atoms with Crippen molar-refractivity contribution in [1.82, 2.24) is 0 Å². The van der Waals surface area contributed by atoms with E-state index in [-0.39, 0.29) is 0 Å². The van der Waals surface area contributed by atoms with E-state index in [1.807, 2.05) is 13.0 Å². The minimum Gasteiger partial charge on any atom is -0.264 e. The van der Waals surface area contributed by atoms with Gasteiger partial charge in [0, 0.05) is 12.4 Å². The van der Waals surface area contributed by atoms with Crippen molar-refractivity contribution in [3.63, 3.8) is 0 Å². The Morgan fingerprint density at radius 1 is 1.27 bits per heavy atom. The van der Waals surface area contributed by atoms with Gasteiger partial charge in [0.15, 0.2) is 0 Å². The summed E-state index contributed by atoms with van der Waals surface area (Å²) in [5, 5.41) is 0. The summed E-state index contributed by atoms with van der Waals surface area (Å²) in [4.78, 5) is 3.99. The molecule has 1 heteroatoms. The Kier molecular flexibility index (Phi) is 5.91. The second-order valence-corrected chi connectivity index (χ2v) is 2.00. The predicted octanol–water partition coefficient (Wildman–Crippen LogP) is 2.89. The van der Waals surface area contributed by atoms with Gasteiger partial charge < -0.3 is 0 Å². The number of rotatable bonds is 4. The lowest BCUT2D eigenvalue weighted by atomic mass is 10.3. The first-order valence-corrected chi connectivity index (χ1v) is 3.41. The largest absolute Gasteiger partial charge is 0.264 e. The fourth-order valence-corrected chi connectivity index (χ4v) is 0.500. The molecule has 0 aliphatic carbocycles. The van der Waals surface area contributed by atoms with Crippen molar-refractivity contribution in [2.75, 3.05) is 0 Å². The maximum Gasteiger partial charge on any atom is 0.0297 e. The number of nitrogens with zero attached hydrogens (tertiary/aromatic N) is 1. The molecule has 0 N–H and O–H groups in total. The van der Waals surface area contributed by atoms with Gasteiger partial charge in [0.1, 0.15) is 0 Å². The van der Waals surface area contributed by atoms with Gasteiger partial charge in [-0.15, -0.1) is 0 Å². The van der Waals surface area contributed by atoms with Gasteiger partial charge in [-0.05, 0) is 18.6 Å². The highest BCUT2D eigenvalue weighted by Crippen LogP contribution is 1.87. The molecule has 0 aromatic rings. The fourth-order valence-electron chi connectivity index (χ4n) is 0.500. The molecule has 0 aromatic carbocycles. The van der Waals surface area contributed by atoms with Gasteiger partial charge in [0.2, 0.25) is 0 Å². The first-order valence-electron chi connectivity index (χ1n) is 3.41. The molecular weight excluding hydrogens is 134 g/mol. The average molecular weight is 147 g/mol. The topological polar surface area (TPSA) is 12.4 Å². The molecule has 1 nitrogen and oxygen atoms in total. The van der Waals surface area contributed by atoms with Gasteiger partial charge in [-0.25, -0.2) is 0 Å². The zero-order valence-corrected chi connectivity index (χ0v) is 6.83. The molecular formula is C10H13N. The predicted molar refractivity (Wildman–Crippen MR) is 51.8 cm³/mol. The fraction of sp³-hybridized carbons (Fsp3) is 0.100. The molecule has 11 heavy (non-hydrogen) atoms. The summed E-state index contributed by atoms with van der Waals surface area (Å²) in [6, 6.07) is 0. The van der Waals surface area contributed by atoms with Crippen LogP contribution in [0.2, 0.25) is 0 Å². The molecule has 0 aliphatic heterocycles. The maximum absolute atomic E-state index is 3.99. The average Bonchev–Trinajstić information content (AvgIpc) is 1.99. The third kappa shape index (κ3) is 6.52. The van der Waals surface area contributed by atoms with Crippen LogP contribution in [0.5, 0.6) is 0 Å². The lowest BCUT2D eigenvalue weighted by molar-refractivity contribution is 1.53. The first-order chi connectivity index (χ1) is 5.31. The molecule has 58 valence electrons. The molecule has 0 unspecified atom stereocenters. The molecule has 0 aromatic heterocycles. The Balaban J connectivity index is 3.91. The van der Waals surface area contributed by atoms with E-state index in [1.165, 1.54) is 0 Å². The molecule has 0 saturated carbocycles. The molecule has 0 atom stereocenters. The van der Waals surface area contributed by atoms with Crippen LogP contribution in [0.4, 0.5) is 0 Å². The molecule has 0 rings (SSSR count). The summed E-state index contributed by atoms with van der Waals surface area (Å²) in [5.74, 6) is 0. The standard InChI is InChI=1S/C10H13N/c1-4-6-8-11-9-10(3)7-5-2/h4-9H,1-2H2,3H3/b8-6-,10-7?,11-9-. The van der Waals surface area contributed by atoms with E-state index in [1.54, 1.807) is 30.6 Å². The smallest absolute Gasteiger partial charge is 0.0297 e. The highest BCUT2D eigenvalue weighted by Gasteiger charge is 1.74. The molecule has 0 spiro atoms. The number of hydrogen-bond donors (Lipinski definition) is 0. The molecule has 0 bridgehead atoms. The van der Waals surface area contributed by atoms with Crippen LogP contribution >= 0.6 is 0 Å². The SMILES string of the molecule is C=CC=C(C)/C=N\C=C/C=C. The zero-order valence-electron chi connectivity index (χ0n) is 6.83. The first kappa shape index (κ1) is 9.63. The quantitative estimate of drug-likeness (QED) is 0.428. The molecule has 0 heterocycles. The summed E-state index contributed by atoms with van der Waals surface area (Å²) in [5.41, 5.74) is 1.08. The third-order valence-electron chi connectivity index (χ3n) is 0.967. The van der Waals surface area contributed by atoms with Crippen molar-refractivity contribution < 1.29 is 0 Å². The molecule has 0 radical (unpaired) electrons. The van der Waals surface area contributed by atoms with E-state index in [2.05, 4.69) is 18.2 Å². The van der Waals surface area contributed by atoms with Crippen LogP contribution in [0, 0.1) is 0 Å². The number of aliphatic imine (C=N–C) groups is 1. The van der Waals surface area contributed by atoms with Crippen molar-refractivity contribution in [3.8, 4) is 0 Å². The highest BCUT2D eigenvalue weighted by molar-refractivity contribution is 5.78. The van der Waals surface area contributed by atoms with Crippen LogP contribution < -0.4 is 0 Å². The minimum atomic E-state index is 1.08. The van der Waals surface area contributed by atoms with Crippen LogP contribution in [0.3, 0.4) is 0 Å². The highest BCUT2D eigenvalue weighted by atomic mass is 14.7. The van der Waals surface area contributed by atoms with Crippen molar-refractivity contribution >= 4 is 6.21 Å². The van der Waals surface area contributed by atoms with E-state index in [0.29, 0.717) is 0 Å². The van der Waals surface area contributed by atoms with Crippen LogP contribution in [0.25, 0.3) is 0 Å². The van der Waals surface area contributed by atoms with Gasteiger partial charge in [0.25, 0.3) is 0 Å². The Labute approximate surface area is 68.2 Å². The maximum atomic E-state index is 3.99. The van der Waals surface area contributed by atoms with E-state index in [0.717, 1.165) is 5.57 Å². The van der Waals surface area contributed by atoms with Crippen molar-refractivity contribution in [2.24, 2.45) is 4.99 Å². The number of hydrogen-bond acceptors (Lipinski definition) is 1. The second-order valence-electron chi connectivity index (χ2n) is 2.00. The molecule has 0 saturated heterocycles.